The number of imidazole rings is 1. The molecule has 1 aromatic heterocycles. The number of aliphatic hydroxyl groups is 3. The number of hydrogen-bond donors (Lipinski definition) is 3. The van der Waals surface area contributed by atoms with Crippen molar-refractivity contribution in [3.63, 3.8) is 0 Å². The Labute approximate surface area is 84.6 Å². The number of rotatable bonds is 2. The van der Waals surface area contributed by atoms with Gasteiger partial charge in [-0.3, -0.25) is 4.57 Å². The number of aromatic nitrogens is 2. The minimum atomic E-state index is -1.29. The van der Waals surface area contributed by atoms with E-state index in [0.717, 1.165) is 17.1 Å². The molecule has 0 bridgehead atoms. The molecule has 0 amide bonds. The summed E-state index contributed by atoms with van der Waals surface area (Å²) in [5, 5.41) is 27.8. The molecular formula is C8H11FN2O4. The molecule has 1 aliphatic heterocycles. The Bertz CT molecular complexity index is 345. The molecule has 2 rings (SSSR count). The molecule has 0 spiro atoms. The van der Waals surface area contributed by atoms with Gasteiger partial charge in [0, 0.05) is 0 Å². The van der Waals surface area contributed by atoms with E-state index in [1.807, 2.05) is 0 Å². The van der Waals surface area contributed by atoms with Crippen molar-refractivity contribution in [3.05, 3.63) is 18.5 Å². The normalized spacial score (nSPS) is 36.0. The zero-order valence-electron chi connectivity index (χ0n) is 7.69. The maximum Gasteiger partial charge on any atom is 0.215 e. The first-order chi connectivity index (χ1) is 7.15. The van der Waals surface area contributed by atoms with Crippen LogP contribution in [0, 0.1) is 5.95 Å². The smallest absolute Gasteiger partial charge is 0.215 e. The first-order valence-corrected chi connectivity index (χ1v) is 4.45. The Morgan fingerprint density at radius 3 is 2.67 bits per heavy atom. The number of nitrogens with zero attached hydrogens (tertiary/aromatic N) is 2. The highest BCUT2D eigenvalue weighted by molar-refractivity contribution is 4.92. The lowest BCUT2D eigenvalue weighted by molar-refractivity contribution is -0.0572. The first-order valence-electron chi connectivity index (χ1n) is 4.45. The van der Waals surface area contributed by atoms with Crippen molar-refractivity contribution in [2.45, 2.75) is 24.5 Å². The fourth-order valence-corrected chi connectivity index (χ4v) is 1.59. The average Bonchev–Trinajstić information content (AvgIpc) is 2.74. The Morgan fingerprint density at radius 2 is 2.20 bits per heavy atom. The Hall–Kier alpha value is -1.02. The predicted octanol–water partition coefficient (Wildman–Crippen LogP) is -1.37. The third-order valence-electron chi connectivity index (χ3n) is 2.41. The molecule has 7 heteroatoms. The number of halogens is 1. The zero-order valence-corrected chi connectivity index (χ0v) is 7.69. The second kappa shape index (κ2) is 3.86. The lowest BCUT2D eigenvalue weighted by Gasteiger charge is -2.15. The van der Waals surface area contributed by atoms with Gasteiger partial charge in [-0.15, -0.1) is 0 Å². The topological polar surface area (TPSA) is 87.7 Å². The quantitative estimate of drug-likeness (QED) is 0.570. The van der Waals surface area contributed by atoms with Gasteiger partial charge in [-0.2, -0.15) is 4.39 Å². The summed E-state index contributed by atoms with van der Waals surface area (Å²) in [4.78, 5) is 3.53. The second-order valence-electron chi connectivity index (χ2n) is 3.35. The summed E-state index contributed by atoms with van der Waals surface area (Å²) in [6.07, 6.45) is -2.37. The van der Waals surface area contributed by atoms with Gasteiger partial charge in [0.2, 0.25) is 5.95 Å². The van der Waals surface area contributed by atoms with Crippen molar-refractivity contribution < 1.29 is 24.4 Å². The molecule has 1 aliphatic rings. The van der Waals surface area contributed by atoms with Crippen LogP contribution < -0.4 is 0 Å². The summed E-state index contributed by atoms with van der Waals surface area (Å²) in [5.74, 6) is -0.676. The molecule has 0 aromatic carbocycles. The molecule has 2 heterocycles. The molecule has 84 valence electrons. The van der Waals surface area contributed by atoms with Crippen LogP contribution >= 0.6 is 0 Å². The van der Waals surface area contributed by atoms with E-state index in [-0.39, 0.29) is 0 Å². The molecule has 1 aromatic rings. The van der Waals surface area contributed by atoms with Crippen molar-refractivity contribution in [3.8, 4) is 0 Å². The summed E-state index contributed by atoms with van der Waals surface area (Å²) < 4.78 is 19.2. The Balaban J connectivity index is 2.22. The van der Waals surface area contributed by atoms with E-state index in [4.69, 9.17) is 9.84 Å². The van der Waals surface area contributed by atoms with Crippen molar-refractivity contribution >= 4 is 0 Å². The van der Waals surface area contributed by atoms with Gasteiger partial charge in [0.25, 0.3) is 0 Å². The van der Waals surface area contributed by atoms with Gasteiger partial charge in [0.1, 0.15) is 18.3 Å². The van der Waals surface area contributed by atoms with Crippen LogP contribution in [0.1, 0.15) is 6.23 Å². The van der Waals surface area contributed by atoms with Crippen molar-refractivity contribution in [2.75, 3.05) is 6.61 Å². The van der Waals surface area contributed by atoms with Crippen molar-refractivity contribution in [1.29, 1.82) is 0 Å². The summed E-state index contributed by atoms with van der Waals surface area (Å²) in [6.45, 7) is -0.439. The van der Waals surface area contributed by atoms with E-state index in [0.29, 0.717) is 0 Å². The first kappa shape index (κ1) is 10.5. The van der Waals surface area contributed by atoms with Crippen LogP contribution in [0.25, 0.3) is 0 Å². The third kappa shape index (κ3) is 1.63. The molecule has 0 saturated carbocycles. The maximum atomic E-state index is 13.1. The molecule has 3 N–H and O–H groups in total. The molecule has 1 fully saturated rings. The van der Waals surface area contributed by atoms with Gasteiger partial charge in [-0.25, -0.2) is 4.98 Å². The fraction of sp³-hybridized carbons (Fsp3) is 0.625. The molecule has 1 saturated heterocycles. The van der Waals surface area contributed by atoms with Crippen LogP contribution in [0.4, 0.5) is 4.39 Å². The lowest BCUT2D eigenvalue weighted by atomic mass is 10.1. The van der Waals surface area contributed by atoms with Gasteiger partial charge in [-0.05, 0) is 0 Å². The minimum Gasteiger partial charge on any atom is -0.394 e. The summed E-state index contributed by atoms with van der Waals surface area (Å²) in [7, 11) is 0. The van der Waals surface area contributed by atoms with Crippen LogP contribution in [0.15, 0.2) is 12.5 Å². The average molecular weight is 218 g/mol. The summed E-state index contributed by atoms with van der Waals surface area (Å²) in [5.41, 5.74) is 0. The highest BCUT2D eigenvalue weighted by atomic mass is 19.1. The molecule has 4 unspecified atom stereocenters. The molecular weight excluding hydrogens is 207 g/mol. The van der Waals surface area contributed by atoms with Crippen molar-refractivity contribution in [2.24, 2.45) is 0 Å². The Morgan fingerprint density at radius 1 is 1.47 bits per heavy atom. The van der Waals surface area contributed by atoms with Crippen LogP contribution in [0.3, 0.4) is 0 Å². The minimum absolute atomic E-state index is 0.439. The summed E-state index contributed by atoms with van der Waals surface area (Å²) >= 11 is 0. The van der Waals surface area contributed by atoms with E-state index < -0.39 is 37.1 Å². The van der Waals surface area contributed by atoms with E-state index in [1.165, 1.54) is 0 Å². The molecule has 15 heavy (non-hydrogen) atoms. The Kier molecular flexibility index (Phi) is 2.70. The lowest BCUT2D eigenvalue weighted by Crippen LogP contribution is -2.33. The predicted molar refractivity (Wildman–Crippen MR) is 45.2 cm³/mol. The molecule has 6 nitrogen and oxygen atoms in total. The fourth-order valence-electron chi connectivity index (χ4n) is 1.59. The zero-order chi connectivity index (χ0) is 11.0. The van der Waals surface area contributed by atoms with Crippen LogP contribution in [0.5, 0.6) is 0 Å². The monoisotopic (exact) mass is 218 g/mol. The molecule has 0 aliphatic carbocycles. The van der Waals surface area contributed by atoms with Gasteiger partial charge in [0.15, 0.2) is 6.23 Å². The number of aliphatic hydroxyl groups excluding tert-OH is 3. The van der Waals surface area contributed by atoms with E-state index in [9.17, 15) is 14.6 Å². The van der Waals surface area contributed by atoms with E-state index in [2.05, 4.69) is 4.98 Å². The molecule has 4 atom stereocenters. The van der Waals surface area contributed by atoms with Gasteiger partial charge >= 0.3 is 0 Å². The number of ether oxygens (including phenoxy) is 1. The van der Waals surface area contributed by atoms with Crippen molar-refractivity contribution in [1.82, 2.24) is 9.55 Å². The third-order valence-corrected chi connectivity index (χ3v) is 2.41. The van der Waals surface area contributed by atoms with Gasteiger partial charge in [-0.1, -0.05) is 0 Å². The highest BCUT2D eigenvalue weighted by Gasteiger charge is 2.43. The maximum absolute atomic E-state index is 13.1. The van der Waals surface area contributed by atoms with Crippen LogP contribution in [-0.2, 0) is 4.74 Å². The molecule has 0 radical (unpaired) electrons. The summed E-state index contributed by atoms with van der Waals surface area (Å²) in [6, 6.07) is 0. The SMILES string of the molecule is OCC1OC(n2cncc2F)C(O)C1O. The standard InChI is InChI=1S/C8H11FN2O4/c9-5-1-10-3-11(5)8-7(14)6(13)4(2-12)15-8/h1,3-4,6-8,12-14H,2H2. The van der Waals surface area contributed by atoms with Gasteiger partial charge in [0.05, 0.1) is 19.1 Å². The van der Waals surface area contributed by atoms with Crippen LogP contribution in [-0.4, -0.2) is 49.8 Å². The van der Waals surface area contributed by atoms with E-state index in [1.54, 1.807) is 0 Å². The largest absolute Gasteiger partial charge is 0.394 e. The number of hydrogen-bond acceptors (Lipinski definition) is 5. The van der Waals surface area contributed by atoms with Crippen LogP contribution in [0.2, 0.25) is 0 Å². The van der Waals surface area contributed by atoms with E-state index >= 15 is 0 Å². The van der Waals surface area contributed by atoms with Gasteiger partial charge < -0.3 is 20.1 Å². The second-order valence-corrected chi connectivity index (χ2v) is 3.35. The highest BCUT2D eigenvalue weighted by Crippen LogP contribution is 2.29.